The summed E-state index contributed by atoms with van der Waals surface area (Å²) in [6.45, 7) is 0. The van der Waals surface area contributed by atoms with Gasteiger partial charge in [-0.05, 0) is 12.0 Å². The van der Waals surface area contributed by atoms with Crippen molar-refractivity contribution >= 4 is 18.0 Å². The highest BCUT2D eigenvalue weighted by atomic mass is 31.3. The van der Waals surface area contributed by atoms with Gasteiger partial charge in [0.15, 0.2) is 0 Å². The summed E-state index contributed by atoms with van der Waals surface area (Å²) >= 11 is 0. The van der Waals surface area contributed by atoms with Gasteiger partial charge in [0.1, 0.15) is 0 Å². The van der Waals surface area contributed by atoms with Gasteiger partial charge in [-0.2, -0.15) is 8.79 Å². The Morgan fingerprint density at radius 1 is 1.20 bits per heavy atom. The minimum Gasteiger partial charge on any atom is -0.155 e. The third kappa shape index (κ3) is 2.63. The van der Waals surface area contributed by atoms with Crippen molar-refractivity contribution in [3.63, 3.8) is 0 Å². The quantitative estimate of drug-likeness (QED) is 0.475. The first-order chi connectivity index (χ1) is 4.93. The molecule has 0 saturated carbocycles. The SMILES string of the molecule is P[SiH2]CCc1ccccc1. The van der Waals surface area contributed by atoms with Gasteiger partial charge in [-0.15, -0.1) is 0 Å². The first kappa shape index (κ1) is 7.97. The zero-order valence-corrected chi connectivity index (χ0v) is 8.65. The standard InChI is InChI=1S/C8H13PSi/c9-10-7-6-8-4-2-1-3-5-8/h1-5H,6-7,9-10H2. The van der Waals surface area contributed by atoms with Crippen molar-refractivity contribution in [3.05, 3.63) is 35.9 Å². The number of aryl methyl sites for hydroxylation is 1. The summed E-state index contributed by atoms with van der Waals surface area (Å²) in [5.74, 6) is 0. The molecule has 0 saturated heterocycles. The fourth-order valence-corrected chi connectivity index (χ4v) is 2.18. The predicted octanol–water partition coefficient (Wildman–Crippen LogP) is 1.61. The zero-order valence-electron chi connectivity index (χ0n) is 6.09. The van der Waals surface area contributed by atoms with Gasteiger partial charge < -0.3 is 0 Å². The molecule has 10 heavy (non-hydrogen) atoms. The molecule has 0 radical (unpaired) electrons. The molecule has 0 aliphatic heterocycles. The Morgan fingerprint density at radius 2 is 1.90 bits per heavy atom. The van der Waals surface area contributed by atoms with Crippen molar-refractivity contribution in [1.29, 1.82) is 0 Å². The van der Waals surface area contributed by atoms with Crippen LogP contribution in [-0.4, -0.2) is 9.19 Å². The molecule has 1 aromatic carbocycles. The van der Waals surface area contributed by atoms with Crippen molar-refractivity contribution in [1.82, 2.24) is 0 Å². The van der Waals surface area contributed by atoms with Crippen LogP contribution in [-0.2, 0) is 6.42 Å². The molecule has 0 fully saturated rings. The monoisotopic (exact) mass is 168 g/mol. The third-order valence-corrected chi connectivity index (χ3v) is 3.50. The van der Waals surface area contributed by atoms with Crippen LogP contribution >= 0.6 is 8.79 Å². The Hall–Kier alpha value is -0.133. The van der Waals surface area contributed by atoms with Gasteiger partial charge in [-0.3, -0.25) is 0 Å². The van der Waals surface area contributed by atoms with E-state index >= 15 is 0 Å². The lowest BCUT2D eigenvalue weighted by Gasteiger charge is -1.96. The molecule has 54 valence electrons. The Bertz CT molecular complexity index is 174. The lowest BCUT2D eigenvalue weighted by Crippen LogP contribution is -1.84. The number of hydrogen-bond donors (Lipinski definition) is 0. The molecular weight excluding hydrogens is 155 g/mol. The molecule has 0 aliphatic rings. The summed E-state index contributed by atoms with van der Waals surface area (Å²) in [7, 11) is 3.08. The molecule has 0 aliphatic carbocycles. The zero-order chi connectivity index (χ0) is 7.23. The third-order valence-electron chi connectivity index (χ3n) is 1.51. The van der Waals surface area contributed by atoms with Crippen LogP contribution in [0.2, 0.25) is 6.04 Å². The molecule has 0 bridgehead atoms. The van der Waals surface area contributed by atoms with Gasteiger partial charge >= 0.3 is 0 Å². The van der Waals surface area contributed by atoms with E-state index in [9.17, 15) is 0 Å². The molecule has 1 atom stereocenters. The largest absolute Gasteiger partial charge is 0.155 e. The van der Waals surface area contributed by atoms with Crippen LogP contribution < -0.4 is 0 Å². The highest BCUT2D eigenvalue weighted by Crippen LogP contribution is 2.02. The number of hydrogen-bond acceptors (Lipinski definition) is 0. The van der Waals surface area contributed by atoms with Gasteiger partial charge in [0, 0.05) is 9.19 Å². The molecule has 0 nitrogen and oxygen atoms in total. The van der Waals surface area contributed by atoms with Crippen molar-refractivity contribution in [2.24, 2.45) is 0 Å². The number of benzene rings is 1. The van der Waals surface area contributed by atoms with Crippen LogP contribution in [0.3, 0.4) is 0 Å². The van der Waals surface area contributed by atoms with Gasteiger partial charge in [0.25, 0.3) is 0 Å². The van der Waals surface area contributed by atoms with Crippen molar-refractivity contribution < 1.29 is 0 Å². The van der Waals surface area contributed by atoms with Crippen molar-refractivity contribution in [3.8, 4) is 0 Å². The molecule has 1 unspecified atom stereocenters. The summed E-state index contributed by atoms with van der Waals surface area (Å²) in [4.78, 5) is 0. The van der Waals surface area contributed by atoms with Crippen LogP contribution in [0.25, 0.3) is 0 Å². The summed E-state index contributed by atoms with van der Waals surface area (Å²) < 4.78 is 0. The minimum absolute atomic E-state index is 0.187. The highest BCUT2D eigenvalue weighted by molar-refractivity contribution is 7.55. The molecule has 0 N–H and O–H groups in total. The smallest absolute Gasteiger partial charge is 0.0419 e. The van der Waals surface area contributed by atoms with Gasteiger partial charge in [0.2, 0.25) is 0 Å². The Labute approximate surface area is 66.9 Å². The van der Waals surface area contributed by atoms with Crippen LogP contribution in [0.1, 0.15) is 5.56 Å². The first-order valence-electron chi connectivity index (χ1n) is 3.67. The number of rotatable bonds is 3. The molecule has 0 heterocycles. The summed E-state index contributed by atoms with van der Waals surface area (Å²) in [5.41, 5.74) is 1.48. The molecular formula is C8H13PSi. The topological polar surface area (TPSA) is 0 Å². The van der Waals surface area contributed by atoms with E-state index < -0.39 is 0 Å². The average molecular weight is 168 g/mol. The van der Waals surface area contributed by atoms with Gasteiger partial charge in [-0.1, -0.05) is 36.4 Å². The molecule has 0 amide bonds. The normalized spacial score (nSPS) is 10.9. The van der Waals surface area contributed by atoms with Crippen LogP contribution in [0.5, 0.6) is 0 Å². The summed E-state index contributed by atoms with van der Waals surface area (Å²) in [6.07, 6.45) is 1.27. The molecule has 0 aromatic heterocycles. The fourth-order valence-electron chi connectivity index (χ4n) is 0.951. The molecule has 2 heteroatoms. The van der Waals surface area contributed by atoms with E-state index in [0.717, 1.165) is 0 Å². The summed E-state index contributed by atoms with van der Waals surface area (Å²) in [6, 6.07) is 12.1. The van der Waals surface area contributed by atoms with Crippen LogP contribution in [0.15, 0.2) is 30.3 Å². The lowest BCUT2D eigenvalue weighted by molar-refractivity contribution is 1.13. The maximum atomic E-state index is 2.89. The van der Waals surface area contributed by atoms with E-state index in [0.29, 0.717) is 0 Å². The van der Waals surface area contributed by atoms with Crippen molar-refractivity contribution in [2.45, 2.75) is 12.5 Å². The summed E-state index contributed by atoms with van der Waals surface area (Å²) in [5, 5.41) is 0. The Morgan fingerprint density at radius 3 is 2.50 bits per heavy atom. The van der Waals surface area contributed by atoms with Gasteiger partial charge in [0.05, 0.1) is 0 Å². The highest BCUT2D eigenvalue weighted by Gasteiger charge is 1.87. The second-order valence-electron chi connectivity index (χ2n) is 2.38. The predicted molar refractivity (Wildman–Crippen MR) is 53.2 cm³/mol. The first-order valence-corrected chi connectivity index (χ1v) is 7.94. The average Bonchev–Trinajstić information content (AvgIpc) is 2.03. The Kier molecular flexibility index (Phi) is 3.70. The molecule has 1 rings (SSSR count). The maximum absolute atomic E-state index is 2.89. The molecule has 1 aromatic rings. The van der Waals surface area contributed by atoms with Gasteiger partial charge in [-0.25, -0.2) is 0 Å². The van der Waals surface area contributed by atoms with E-state index in [2.05, 4.69) is 39.1 Å². The van der Waals surface area contributed by atoms with Crippen molar-refractivity contribution in [2.75, 3.05) is 0 Å². The van der Waals surface area contributed by atoms with Crippen LogP contribution in [0.4, 0.5) is 0 Å². The molecule has 0 spiro atoms. The fraction of sp³-hybridized carbons (Fsp3) is 0.250. The van der Waals surface area contributed by atoms with E-state index in [4.69, 9.17) is 0 Å². The van der Waals surface area contributed by atoms with E-state index in [1.165, 1.54) is 18.0 Å². The lowest BCUT2D eigenvalue weighted by atomic mass is 10.2. The van der Waals surface area contributed by atoms with Crippen LogP contribution in [0, 0.1) is 0 Å². The Balaban J connectivity index is 2.43. The van der Waals surface area contributed by atoms with E-state index in [1.807, 2.05) is 0 Å². The van der Waals surface area contributed by atoms with E-state index in [-0.39, 0.29) is 9.19 Å². The van der Waals surface area contributed by atoms with E-state index in [1.54, 1.807) is 0 Å². The minimum atomic E-state index is 0.187. The maximum Gasteiger partial charge on any atom is 0.0419 e. The second-order valence-corrected chi connectivity index (χ2v) is 5.39. The second kappa shape index (κ2) is 4.65.